The first-order valence-corrected chi connectivity index (χ1v) is 6.75. The molecule has 19 heavy (non-hydrogen) atoms. The molecule has 0 aliphatic rings. The molecule has 0 saturated carbocycles. The number of nitriles is 1. The lowest BCUT2D eigenvalue weighted by molar-refractivity contribution is 0.734. The van der Waals surface area contributed by atoms with Crippen molar-refractivity contribution in [1.82, 2.24) is 9.97 Å². The topological polar surface area (TPSA) is 52.5 Å². The number of benzene rings is 1. The standard InChI is InChI=1S/C16H19N3/c1-3-12(2)13-6-8-14(9-7-13)15-11-18-16(19-15)5-4-10-17/h6-9,11-12H,3-5H2,1-2H3,(H,18,19). The molecule has 0 radical (unpaired) electrons. The molecule has 0 fully saturated rings. The molecule has 1 heterocycles. The molecule has 3 heteroatoms. The summed E-state index contributed by atoms with van der Waals surface area (Å²) in [5.41, 5.74) is 3.53. The highest BCUT2D eigenvalue weighted by atomic mass is 14.9. The van der Waals surface area contributed by atoms with E-state index in [1.54, 1.807) is 0 Å². The Morgan fingerprint density at radius 3 is 2.68 bits per heavy atom. The largest absolute Gasteiger partial charge is 0.342 e. The summed E-state index contributed by atoms with van der Waals surface area (Å²) in [5, 5.41) is 8.57. The van der Waals surface area contributed by atoms with Crippen LogP contribution < -0.4 is 0 Å². The Kier molecular flexibility index (Phi) is 4.35. The Morgan fingerprint density at radius 1 is 1.32 bits per heavy atom. The van der Waals surface area contributed by atoms with Crippen LogP contribution in [0.4, 0.5) is 0 Å². The molecule has 0 saturated heterocycles. The monoisotopic (exact) mass is 253 g/mol. The number of nitrogens with one attached hydrogen (secondary N) is 1. The van der Waals surface area contributed by atoms with Crippen LogP contribution in [-0.4, -0.2) is 9.97 Å². The molecule has 1 aromatic carbocycles. The molecule has 1 N–H and O–H groups in total. The van der Waals surface area contributed by atoms with Crippen molar-refractivity contribution >= 4 is 0 Å². The van der Waals surface area contributed by atoms with Gasteiger partial charge in [-0.1, -0.05) is 38.1 Å². The van der Waals surface area contributed by atoms with Crippen LogP contribution in [0, 0.1) is 11.3 Å². The second-order valence-corrected chi connectivity index (χ2v) is 4.83. The van der Waals surface area contributed by atoms with Gasteiger partial charge in [-0.3, -0.25) is 0 Å². The van der Waals surface area contributed by atoms with Gasteiger partial charge in [0.2, 0.25) is 0 Å². The van der Waals surface area contributed by atoms with Crippen molar-refractivity contribution in [3.63, 3.8) is 0 Å². The van der Waals surface area contributed by atoms with Crippen molar-refractivity contribution in [2.24, 2.45) is 0 Å². The number of aryl methyl sites for hydroxylation is 1. The van der Waals surface area contributed by atoms with Crippen molar-refractivity contribution in [2.75, 3.05) is 0 Å². The van der Waals surface area contributed by atoms with Crippen molar-refractivity contribution in [3.8, 4) is 17.3 Å². The molecule has 3 nitrogen and oxygen atoms in total. The van der Waals surface area contributed by atoms with Crippen molar-refractivity contribution in [2.45, 2.75) is 39.0 Å². The van der Waals surface area contributed by atoms with Gasteiger partial charge < -0.3 is 4.98 Å². The summed E-state index contributed by atoms with van der Waals surface area (Å²) in [6, 6.07) is 10.7. The van der Waals surface area contributed by atoms with E-state index in [1.807, 2.05) is 6.20 Å². The minimum absolute atomic E-state index is 0.500. The second kappa shape index (κ2) is 6.19. The van der Waals surface area contributed by atoms with Gasteiger partial charge in [-0.15, -0.1) is 0 Å². The molecule has 2 aromatic rings. The predicted molar refractivity (Wildman–Crippen MR) is 76.7 cm³/mol. The summed E-state index contributed by atoms with van der Waals surface area (Å²) in [6.07, 6.45) is 4.17. The van der Waals surface area contributed by atoms with Crippen LogP contribution in [0.15, 0.2) is 30.5 Å². The maximum absolute atomic E-state index is 8.57. The third-order valence-corrected chi connectivity index (χ3v) is 3.51. The fraction of sp³-hybridized carbons (Fsp3) is 0.375. The van der Waals surface area contributed by atoms with E-state index < -0.39 is 0 Å². The maximum Gasteiger partial charge on any atom is 0.107 e. The van der Waals surface area contributed by atoms with Crippen LogP contribution in [0.1, 0.15) is 44.0 Å². The molecule has 2 rings (SSSR count). The van der Waals surface area contributed by atoms with E-state index >= 15 is 0 Å². The van der Waals surface area contributed by atoms with Gasteiger partial charge in [-0.2, -0.15) is 5.26 Å². The molecule has 98 valence electrons. The molecule has 1 aromatic heterocycles. The number of nitrogens with zero attached hydrogens (tertiary/aromatic N) is 2. The maximum atomic E-state index is 8.57. The molecular weight excluding hydrogens is 234 g/mol. The number of imidazole rings is 1. The summed E-state index contributed by atoms with van der Waals surface area (Å²) in [5.74, 6) is 1.48. The molecule has 1 atom stereocenters. The molecular formula is C16H19N3. The fourth-order valence-corrected chi connectivity index (χ4v) is 2.04. The van der Waals surface area contributed by atoms with Gasteiger partial charge >= 0.3 is 0 Å². The van der Waals surface area contributed by atoms with Crippen molar-refractivity contribution in [1.29, 1.82) is 5.26 Å². The van der Waals surface area contributed by atoms with Gasteiger partial charge in [0.25, 0.3) is 0 Å². The second-order valence-electron chi connectivity index (χ2n) is 4.83. The minimum atomic E-state index is 0.500. The Morgan fingerprint density at radius 2 is 2.05 bits per heavy atom. The average molecular weight is 253 g/mol. The zero-order chi connectivity index (χ0) is 13.7. The van der Waals surface area contributed by atoms with Gasteiger partial charge in [0, 0.05) is 12.8 Å². The summed E-state index contributed by atoms with van der Waals surface area (Å²) in [7, 11) is 0. The van der Waals surface area contributed by atoms with Crippen molar-refractivity contribution < 1.29 is 0 Å². The lowest BCUT2D eigenvalue weighted by Gasteiger charge is -2.09. The molecule has 0 aliphatic heterocycles. The van der Waals surface area contributed by atoms with E-state index in [0.29, 0.717) is 18.8 Å². The highest BCUT2D eigenvalue weighted by Crippen LogP contribution is 2.23. The van der Waals surface area contributed by atoms with Gasteiger partial charge in [0.1, 0.15) is 5.82 Å². The molecule has 0 aliphatic carbocycles. The zero-order valence-corrected chi connectivity index (χ0v) is 11.5. The van der Waals surface area contributed by atoms with E-state index in [1.165, 1.54) is 5.56 Å². The molecule has 0 amide bonds. The number of hydrogen-bond acceptors (Lipinski definition) is 2. The van der Waals surface area contributed by atoms with Crippen LogP contribution >= 0.6 is 0 Å². The number of aromatic nitrogens is 2. The van der Waals surface area contributed by atoms with Crippen LogP contribution in [0.25, 0.3) is 11.3 Å². The minimum Gasteiger partial charge on any atom is -0.342 e. The summed E-state index contributed by atoms with van der Waals surface area (Å²) in [4.78, 5) is 7.56. The summed E-state index contributed by atoms with van der Waals surface area (Å²) < 4.78 is 0. The van der Waals surface area contributed by atoms with E-state index in [9.17, 15) is 0 Å². The van der Waals surface area contributed by atoms with Gasteiger partial charge in [0.05, 0.1) is 18.0 Å². The average Bonchev–Trinajstić information content (AvgIpc) is 2.93. The van der Waals surface area contributed by atoms with E-state index in [4.69, 9.17) is 5.26 Å². The third-order valence-electron chi connectivity index (χ3n) is 3.51. The number of hydrogen-bond donors (Lipinski definition) is 1. The fourth-order valence-electron chi connectivity index (χ4n) is 2.04. The number of H-pyrrole nitrogens is 1. The molecule has 0 spiro atoms. The highest BCUT2D eigenvalue weighted by molar-refractivity contribution is 5.59. The van der Waals surface area contributed by atoms with Crippen molar-refractivity contribution in [3.05, 3.63) is 41.9 Å². The predicted octanol–water partition coefficient (Wildman–Crippen LogP) is 4.05. The number of rotatable bonds is 5. The first-order chi connectivity index (χ1) is 9.24. The smallest absolute Gasteiger partial charge is 0.107 e. The van der Waals surface area contributed by atoms with Crippen LogP contribution in [-0.2, 0) is 6.42 Å². The van der Waals surface area contributed by atoms with E-state index in [2.05, 4.69) is 54.2 Å². The van der Waals surface area contributed by atoms with Crippen LogP contribution in [0.5, 0.6) is 0 Å². The van der Waals surface area contributed by atoms with Gasteiger partial charge in [-0.05, 0) is 23.5 Å². The Bertz CT molecular complexity index is 560. The number of aromatic amines is 1. The van der Waals surface area contributed by atoms with Gasteiger partial charge in [0.15, 0.2) is 0 Å². The Labute approximate surface area is 114 Å². The Balaban J connectivity index is 2.14. The molecule has 0 bridgehead atoms. The zero-order valence-electron chi connectivity index (χ0n) is 11.5. The van der Waals surface area contributed by atoms with E-state index in [0.717, 1.165) is 23.5 Å². The summed E-state index contributed by atoms with van der Waals surface area (Å²) in [6.45, 7) is 4.44. The van der Waals surface area contributed by atoms with Crippen LogP contribution in [0.3, 0.4) is 0 Å². The first kappa shape index (κ1) is 13.4. The summed E-state index contributed by atoms with van der Waals surface area (Å²) >= 11 is 0. The van der Waals surface area contributed by atoms with Gasteiger partial charge in [-0.25, -0.2) is 4.98 Å². The lowest BCUT2D eigenvalue weighted by Crippen LogP contribution is -1.91. The lowest BCUT2D eigenvalue weighted by atomic mass is 9.97. The first-order valence-electron chi connectivity index (χ1n) is 6.75. The normalized spacial score (nSPS) is 12.1. The quantitative estimate of drug-likeness (QED) is 0.874. The Hall–Kier alpha value is -2.08. The van der Waals surface area contributed by atoms with Crippen LogP contribution in [0.2, 0.25) is 0 Å². The highest BCUT2D eigenvalue weighted by Gasteiger charge is 2.05. The third kappa shape index (κ3) is 3.23. The SMILES string of the molecule is CCC(C)c1ccc(-c2cnc(CCC#N)[nH]2)cc1. The van der Waals surface area contributed by atoms with E-state index in [-0.39, 0.29) is 0 Å². The molecule has 1 unspecified atom stereocenters.